The lowest BCUT2D eigenvalue weighted by molar-refractivity contribution is -0.132. The monoisotopic (exact) mass is 301 g/mol. The number of thioether (sulfide) groups is 1. The summed E-state index contributed by atoms with van der Waals surface area (Å²) in [5.74, 6) is 1.18. The average Bonchev–Trinajstić information content (AvgIpc) is 2.35. The Morgan fingerprint density at radius 1 is 1.53 bits per heavy atom. The third-order valence-electron chi connectivity index (χ3n) is 3.38. The summed E-state index contributed by atoms with van der Waals surface area (Å²) in [7, 11) is 0. The van der Waals surface area contributed by atoms with Crippen molar-refractivity contribution >= 4 is 35.8 Å². The maximum Gasteiger partial charge on any atom is 0.228 e. The zero-order chi connectivity index (χ0) is 13.1. The van der Waals surface area contributed by atoms with Gasteiger partial charge in [-0.15, -0.1) is 12.4 Å². The molecule has 1 saturated heterocycles. The van der Waals surface area contributed by atoms with Crippen LogP contribution in [-0.4, -0.2) is 39.4 Å². The van der Waals surface area contributed by atoms with Gasteiger partial charge in [0.1, 0.15) is 0 Å². The Hall–Kier alpha value is -0.940. The number of pyridine rings is 1. The maximum atomic E-state index is 12.3. The molecule has 2 heterocycles. The summed E-state index contributed by atoms with van der Waals surface area (Å²) in [6.07, 6.45) is 1.96. The highest BCUT2D eigenvalue weighted by Crippen LogP contribution is 2.24. The minimum atomic E-state index is 0. The van der Waals surface area contributed by atoms with Crippen LogP contribution < -0.4 is 5.73 Å². The fraction of sp³-hybridized carbons (Fsp3) is 0.538. The molecule has 1 fully saturated rings. The van der Waals surface area contributed by atoms with E-state index in [0.717, 1.165) is 18.0 Å². The van der Waals surface area contributed by atoms with E-state index in [9.17, 15) is 4.79 Å². The van der Waals surface area contributed by atoms with Crippen LogP contribution in [0.5, 0.6) is 0 Å². The molecule has 0 radical (unpaired) electrons. The van der Waals surface area contributed by atoms with Gasteiger partial charge >= 0.3 is 0 Å². The summed E-state index contributed by atoms with van der Waals surface area (Å²) in [4.78, 5) is 18.4. The molecule has 2 N–H and O–H groups in total. The first kappa shape index (κ1) is 16.1. The van der Waals surface area contributed by atoms with Gasteiger partial charge in [-0.3, -0.25) is 9.78 Å². The van der Waals surface area contributed by atoms with Gasteiger partial charge in [0.25, 0.3) is 0 Å². The molecule has 0 aliphatic carbocycles. The topological polar surface area (TPSA) is 59.2 Å². The van der Waals surface area contributed by atoms with Crippen LogP contribution in [0.2, 0.25) is 0 Å². The predicted molar refractivity (Wildman–Crippen MR) is 82.7 cm³/mol. The molecule has 1 amide bonds. The summed E-state index contributed by atoms with van der Waals surface area (Å²) in [6.45, 7) is 5.13. The number of anilines is 1. The van der Waals surface area contributed by atoms with E-state index in [0.29, 0.717) is 23.4 Å². The largest absolute Gasteiger partial charge is 0.397 e. The quantitative estimate of drug-likeness (QED) is 0.907. The van der Waals surface area contributed by atoms with Gasteiger partial charge in [0.2, 0.25) is 5.91 Å². The molecule has 0 saturated carbocycles. The van der Waals surface area contributed by atoms with Gasteiger partial charge in [0.15, 0.2) is 0 Å². The Kier molecular flexibility index (Phi) is 5.94. The molecule has 1 aromatic rings. The zero-order valence-electron chi connectivity index (χ0n) is 11.2. The number of aromatic nitrogens is 1. The van der Waals surface area contributed by atoms with Crippen LogP contribution in [0.15, 0.2) is 18.3 Å². The summed E-state index contributed by atoms with van der Waals surface area (Å²) in [5.41, 5.74) is 6.99. The molecule has 19 heavy (non-hydrogen) atoms. The molecule has 2 unspecified atom stereocenters. The van der Waals surface area contributed by atoms with E-state index in [1.54, 1.807) is 12.3 Å². The molecule has 1 aromatic heterocycles. The molecule has 1 aliphatic heterocycles. The van der Waals surface area contributed by atoms with Crippen molar-refractivity contribution in [1.82, 2.24) is 9.88 Å². The van der Waals surface area contributed by atoms with E-state index in [4.69, 9.17) is 5.73 Å². The minimum Gasteiger partial charge on any atom is -0.397 e. The lowest BCUT2D eigenvalue weighted by Gasteiger charge is -2.37. The molecule has 0 bridgehead atoms. The van der Waals surface area contributed by atoms with Crippen molar-refractivity contribution in [1.29, 1.82) is 0 Å². The Labute approximate surface area is 124 Å². The number of carbonyl (C=O) groups excluding carboxylic acids is 1. The number of hydrogen-bond donors (Lipinski definition) is 1. The van der Waals surface area contributed by atoms with Crippen molar-refractivity contribution in [3.05, 3.63) is 24.0 Å². The molecule has 2 atom stereocenters. The summed E-state index contributed by atoms with van der Waals surface area (Å²) in [5, 5.41) is 0.502. The highest BCUT2D eigenvalue weighted by Gasteiger charge is 2.28. The first-order valence-electron chi connectivity index (χ1n) is 6.19. The molecule has 0 aromatic carbocycles. The third kappa shape index (κ3) is 4.01. The highest BCUT2D eigenvalue weighted by atomic mass is 35.5. The number of amides is 1. The maximum absolute atomic E-state index is 12.3. The van der Waals surface area contributed by atoms with Crippen LogP contribution in [0.3, 0.4) is 0 Å². The fourth-order valence-corrected chi connectivity index (χ4v) is 3.18. The highest BCUT2D eigenvalue weighted by molar-refractivity contribution is 8.00. The van der Waals surface area contributed by atoms with E-state index in [2.05, 4.69) is 18.8 Å². The number of nitrogens with zero attached hydrogens (tertiary/aromatic N) is 2. The van der Waals surface area contributed by atoms with Crippen LogP contribution in [0.4, 0.5) is 5.69 Å². The average molecular weight is 302 g/mol. The Bertz CT molecular complexity index is 426. The first-order valence-corrected chi connectivity index (χ1v) is 7.24. The Morgan fingerprint density at radius 3 is 2.89 bits per heavy atom. The van der Waals surface area contributed by atoms with Crippen LogP contribution in [0, 0.1) is 0 Å². The van der Waals surface area contributed by atoms with E-state index >= 15 is 0 Å². The SMILES string of the molecule is CC1SCCN(C(=O)Cc2ccc(N)cn2)C1C.Cl. The van der Waals surface area contributed by atoms with E-state index in [1.807, 2.05) is 22.7 Å². The smallest absolute Gasteiger partial charge is 0.228 e. The molecular weight excluding hydrogens is 282 g/mol. The van der Waals surface area contributed by atoms with Crippen molar-refractivity contribution in [3.8, 4) is 0 Å². The third-order valence-corrected chi connectivity index (χ3v) is 4.72. The van der Waals surface area contributed by atoms with Gasteiger partial charge in [0, 0.05) is 29.3 Å². The lowest BCUT2D eigenvalue weighted by atomic mass is 10.1. The van der Waals surface area contributed by atoms with Crippen LogP contribution in [0.1, 0.15) is 19.5 Å². The van der Waals surface area contributed by atoms with Crippen molar-refractivity contribution in [2.45, 2.75) is 31.6 Å². The summed E-state index contributed by atoms with van der Waals surface area (Å²) in [6, 6.07) is 3.90. The summed E-state index contributed by atoms with van der Waals surface area (Å²) < 4.78 is 0. The molecule has 1 aliphatic rings. The van der Waals surface area contributed by atoms with Gasteiger partial charge in [0.05, 0.1) is 18.3 Å². The van der Waals surface area contributed by atoms with Crippen LogP contribution in [-0.2, 0) is 11.2 Å². The van der Waals surface area contributed by atoms with Crippen molar-refractivity contribution in [2.75, 3.05) is 18.0 Å². The van der Waals surface area contributed by atoms with Crippen molar-refractivity contribution < 1.29 is 4.79 Å². The Morgan fingerprint density at radius 2 is 2.26 bits per heavy atom. The van der Waals surface area contributed by atoms with Crippen LogP contribution in [0.25, 0.3) is 0 Å². The van der Waals surface area contributed by atoms with Crippen LogP contribution >= 0.6 is 24.2 Å². The second-order valence-corrected chi connectivity index (χ2v) is 6.15. The molecule has 106 valence electrons. The van der Waals surface area contributed by atoms with Gasteiger partial charge in [-0.05, 0) is 19.1 Å². The lowest BCUT2D eigenvalue weighted by Crippen LogP contribution is -2.48. The van der Waals surface area contributed by atoms with Gasteiger partial charge in [-0.25, -0.2) is 0 Å². The number of nitrogens with two attached hydrogens (primary N) is 1. The number of carbonyl (C=O) groups is 1. The molecule has 2 rings (SSSR count). The van der Waals surface area contributed by atoms with E-state index in [1.165, 1.54) is 0 Å². The predicted octanol–water partition coefficient (Wildman–Crippen LogP) is 1.98. The van der Waals surface area contributed by atoms with Crippen molar-refractivity contribution in [2.24, 2.45) is 0 Å². The summed E-state index contributed by atoms with van der Waals surface area (Å²) >= 11 is 1.93. The number of hydrogen-bond acceptors (Lipinski definition) is 4. The molecule has 6 heteroatoms. The second-order valence-electron chi connectivity index (χ2n) is 4.66. The van der Waals surface area contributed by atoms with Crippen molar-refractivity contribution in [3.63, 3.8) is 0 Å². The number of rotatable bonds is 2. The van der Waals surface area contributed by atoms with Gasteiger partial charge in [-0.1, -0.05) is 6.92 Å². The standard InChI is InChI=1S/C13H19N3OS.ClH/c1-9-10(2)18-6-5-16(9)13(17)7-12-4-3-11(14)8-15-12;/h3-4,8-10H,5-7,14H2,1-2H3;1H. The molecule has 4 nitrogen and oxygen atoms in total. The zero-order valence-corrected chi connectivity index (χ0v) is 12.8. The normalized spacial score (nSPS) is 22.7. The van der Waals surface area contributed by atoms with E-state index in [-0.39, 0.29) is 18.3 Å². The second kappa shape index (κ2) is 7.01. The van der Waals surface area contributed by atoms with Gasteiger partial charge < -0.3 is 10.6 Å². The van der Waals surface area contributed by atoms with E-state index < -0.39 is 0 Å². The minimum absolute atomic E-state index is 0. The number of halogens is 1. The fourth-order valence-electron chi connectivity index (χ4n) is 2.08. The molecular formula is C13H20ClN3OS. The molecule has 0 spiro atoms. The number of nitrogen functional groups attached to an aromatic ring is 1. The Balaban J connectivity index is 0.00000180. The van der Waals surface area contributed by atoms with Gasteiger partial charge in [-0.2, -0.15) is 11.8 Å². The first-order chi connectivity index (χ1) is 8.58.